The van der Waals surface area contributed by atoms with Gasteiger partial charge in [0.15, 0.2) is 5.69 Å². The average Bonchev–Trinajstić information content (AvgIpc) is 2.70. The van der Waals surface area contributed by atoms with Crippen LogP contribution in [-0.4, -0.2) is 30.2 Å². The topological polar surface area (TPSA) is 107 Å². The fourth-order valence-electron chi connectivity index (χ4n) is 0.920. The number of nitrogens with two attached hydrogens (primary N) is 1. The lowest BCUT2D eigenvalue weighted by atomic mass is 10.4. The zero-order valence-corrected chi connectivity index (χ0v) is 7.60. The lowest BCUT2D eigenvalue weighted by Gasteiger charge is -1.89. The molecule has 3 N–H and O–H groups in total. The minimum absolute atomic E-state index is 0.104. The number of rotatable bonds is 2. The van der Waals surface area contributed by atoms with Crippen LogP contribution in [0.15, 0.2) is 12.5 Å². The molecule has 0 atom stereocenters. The third kappa shape index (κ3) is 1.31. The Hall–Kier alpha value is -1.96. The molecule has 0 aromatic carbocycles. The Labute approximate surface area is 82.0 Å². The van der Waals surface area contributed by atoms with Crippen LogP contribution in [0.2, 0.25) is 0 Å². The van der Waals surface area contributed by atoms with Crippen LogP contribution < -0.4 is 5.73 Å². The van der Waals surface area contributed by atoms with Crippen LogP contribution in [0, 0.1) is 0 Å². The van der Waals surface area contributed by atoms with E-state index in [-0.39, 0.29) is 11.4 Å². The molecule has 0 amide bonds. The van der Waals surface area contributed by atoms with E-state index in [0.29, 0.717) is 5.13 Å². The molecule has 2 aromatic heterocycles. The molecule has 0 bridgehead atoms. The summed E-state index contributed by atoms with van der Waals surface area (Å²) in [5.41, 5.74) is 5.36. The molecule has 2 aromatic rings. The number of aromatic carboxylic acids is 1. The van der Waals surface area contributed by atoms with E-state index in [1.807, 2.05) is 0 Å². The van der Waals surface area contributed by atoms with Crippen molar-refractivity contribution in [3.05, 3.63) is 18.2 Å². The summed E-state index contributed by atoms with van der Waals surface area (Å²) in [5, 5.41) is 12.9. The minimum Gasteiger partial charge on any atom is -0.476 e. The van der Waals surface area contributed by atoms with Gasteiger partial charge < -0.3 is 10.8 Å². The third-order valence-corrected chi connectivity index (χ3v) is 2.15. The molecule has 0 unspecified atom stereocenters. The molecule has 0 aliphatic rings. The Morgan fingerprint density at radius 2 is 2.43 bits per heavy atom. The van der Waals surface area contributed by atoms with Crippen LogP contribution in [-0.2, 0) is 0 Å². The Morgan fingerprint density at radius 3 is 2.93 bits per heavy atom. The highest BCUT2D eigenvalue weighted by Crippen LogP contribution is 2.14. The normalized spacial score (nSPS) is 10.3. The first-order chi connectivity index (χ1) is 6.68. The van der Waals surface area contributed by atoms with Gasteiger partial charge in [0.05, 0.1) is 11.9 Å². The van der Waals surface area contributed by atoms with Gasteiger partial charge in [-0.25, -0.2) is 14.5 Å². The number of carboxylic acid groups (broad SMARTS) is 1. The number of hydrogen-bond donors (Lipinski definition) is 2. The maximum Gasteiger partial charge on any atom is 0.358 e. The number of hydrogen-bond acceptors (Lipinski definition) is 6. The quantitative estimate of drug-likeness (QED) is 0.724. The summed E-state index contributed by atoms with van der Waals surface area (Å²) in [5.74, 6) is -1.16. The van der Waals surface area contributed by atoms with E-state index in [0.717, 1.165) is 11.5 Å². The zero-order chi connectivity index (χ0) is 10.1. The summed E-state index contributed by atoms with van der Waals surface area (Å²) < 4.78 is 5.05. The SMILES string of the molecule is Nc1cn(-c2ncns2)nc1C(=O)O. The fourth-order valence-corrected chi connectivity index (χ4v) is 1.38. The molecule has 8 heteroatoms. The second-order valence-electron chi connectivity index (χ2n) is 2.41. The van der Waals surface area contributed by atoms with Crippen molar-refractivity contribution in [2.45, 2.75) is 0 Å². The van der Waals surface area contributed by atoms with Gasteiger partial charge in [-0.15, -0.1) is 0 Å². The molecule has 0 fully saturated rings. The van der Waals surface area contributed by atoms with Gasteiger partial charge in [-0.1, -0.05) is 0 Å². The van der Waals surface area contributed by atoms with Crippen molar-refractivity contribution in [1.29, 1.82) is 0 Å². The molecule has 0 saturated carbocycles. The molecule has 14 heavy (non-hydrogen) atoms. The van der Waals surface area contributed by atoms with Crippen molar-refractivity contribution in [3.63, 3.8) is 0 Å². The molecule has 0 radical (unpaired) electrons. The van der Waals surface area contributed by atoms with E-state index >= 15 is 0 Å². The van der Waals surface area contributed by atoms with Gasteiger partial charge in [0.2, 0.25) is 5.13 Å². The van der Waals surface area contributed by atoms with Gasteiger partial charge in [0, 0.05) is 11.5 Å². The summed E-state index contributed by atoms with van der Waals surface area (Å²) in [6.45, 7) is 0. The highest BCUT2D eigenvalue weighted by Gasteiger charge is 2.14. The van der Waals surface area contributed by atoms with Crippen LogP contribution in [0.4, 0.5) is 5.69 Å². The Balaban J connectivity index is 2.48. The number of nitrogens with zero attached hydrogens (tertiary/aromatic N) is 4. The molecular weight excluding hydrogens is 206 g/mol. The Kier molecular flexibility index (Phi) is 1.89. The third-order valence-electron chi connectivity index (χ3n) is 1.49. The first-order valence-electron chi connectivity index (χ1n) is 3.54. The second-order valence-corrected chi connectivity index (χ2v) is 3.17. The van der Waals surface area contributed by atoms with Crippen molar-refractivity contribution in [1.82, 2.24) is 19.1 Å². The monoisotopic (exact) mass is 211 g/mol. The maximum atomic E-state index is 10.6. The summed E-state index contributed by atoms with van der Waals surface area (Å²) >= 11 is 1.10. The molecule has 72 valence electrons. The van der Waals surface area contributed by atoms with Crippen molar-refractivity contribution in [3.8, 4) is 5.13 Å². The van der Waals surface area contributed by atoms with Gasteiger partial charge in [-0.2, -0.15) is 9.47 Å². The number of anilines is 1. The van der Waals surface area contributed by atoms with Crippen molar-refractivity contribution < 1.29 is 9.90 Å². The second kappa shape index (κ2) is 3.07. The highest BCUT2D eigenvalue weighted by molar-refractivity contribution is 7.07. The van der Waals surface area contributed by atoms with E-state index in [2.05, 4.69) is 14.5 Å². The van der Waals surface area contributed by atoms with Crippen molar-refractivity contribution in [2.24, 2.45) is 0 Å². The van der Waals surface area contributed by atoms with Gasteiger partial charge in [-0.05, 0) is 0 Å². The fraction of sp³-hybridized carbons (Fsp3) is 0. The number of carbonyl (C=O) groups is 1. The van der Waals surface area contributed by atoms with E-state index < -0.39 is 5.97 Å². The molecule has 7 nitrogen and oxygen atoms in total. The zero-order valence-electron chi connectivity index (χ0n) is 6.78. The molecule has 2 rings (SSSR count). The highest BCUT2D eigenvalue weighted by atomic mass is 32.1. The van der Waals surface area contributed by atoms with Gasteiger partial charge in [0.1, 0.15) is 6.33 Å². The first-order valence-corrected chi connectivity index (χ1v) is 4.31. The Morgan fingerprint density at radius 1 is 1.64 bits per heavy atom. The number of nitrogen functional groups attached to an aromatic ring is 1. The summed E-state index contributed by atoms with van der Waals surface area (Å²) in [6.07, 6.45) is 2.75. The maximum absolute atomic E-state index is 10.6. The predicted octanol–water partition coefficient (Wildman–Crippen LogP) is 0.00420. The van der Waals surface area contributed by atoms with Gasteiger partial charge in [0.25, 0.3) is 0 Å². The van der Waals surface area contributed by atoms with E-state index in [4.69, 9.17) is 10.8 Å². The molecule has 0 aliphatic heterocycles. The molecule has 0 spiro atoms. The standard InChI is InChI=1S/C6H5N5O2S/c7-3-1-11(6-8-2-9-14-6)10-4(3)5(12)13/h1-2H,7H2,(H,12,13). The Bertz CT molecular complexity index is 463. The van der Waals surface area contributed by atoms with Crippen LogP contribution in [0.5, 0.6) is 0 Å². The lowest BCUT2D eigenvalue weighted by Crippen LogP contribution is -2.02. The van der Waals surface area contributed by atoms with E-state index in [1.54, 1.807) is 0 Å². The van der Waals surface area contributed by atoms with Crippen LogP contribution in [0.1, 0.15) is 10.5 Å². The summed E-state index contributed by atoms with van der Waals surface area (Å²) in [4.78, 5) is 14.5. The largest absolute Gasteiger partial charge is 0.476 e. The molecular formula is C6H5N5O2S. The lowest BCUT2D eigenvalue weighted by molar-refractivity contribution is 0.0691. The minimum atomic E-state index is -1.16. The molecule has 2 heterocycles. The van der Waals surface area contributed by atoms with Crippen LogP contribution >= 0.6 is 11.5 Å². The average molecular weight is 211 g/mol. The van der Waals surface area contributed by atoms with Crippen LogP contribution in [0.3, 0.4) is 0 Å². The smallest absolute Gasteiger partial charge is 0.358 e. The van der Waals surface area contributed by atoms with Gasteiger partial charge in [-0.3, -0.25) is 0 Å². The number of carboxylic acids is 1. The number of aromatic nitrogens is 4. The van der Waals surface area contributed by atoms with E-state index in [1.165, 1.54) is 17.2 Å². The summed E-state index contributed by atoms with van der Waals surface area (Å²) in [6, 6.07) is 0. The molecule has 0 aliphatic carbocycles. The molecule has 0 saturated heterocycles. The van der Waals surface area contributed by atoms with Crippen LogP contribution in [0.25, 0.3) is 5.13 Å². The van der Waals surface area contributed by atoms with E-state index in [9.17, 15) is 4.79 Å². The first kappa shape index (κ1) is 8.63. The predicted molar refractivity (Wildman–Crippen MR) is 48.4 cm³/mol. The van der Waals surface area contributed by atoms with Gasteiger partial charge >= 0.3 is 5.97 Å². The summed E-state index contributed by atoms with van der Waals surface area (Å²) in [7, 11) is 0. The van der Waals surface area contributed by atoms with Crippen molar-refractivity contribution in [2.75, 3.05) is 5.73 Å². The van der Waals surface area contributed by atoms with Crippen molar-refractivity contribution >= 4 is 23.2 Å².